The first-order valence-corrected chi connectivity index (χ1v) is 9.84. The lowest BCUT2D eigenvalue weighted by Crippen LogP contribution is -2.36. The van der Waals surface area contributed by atoms with Gasteiger partial charge in [0.2, 0.25) is 0 Å². The van der Waals surface area contributed by atoms with Crippen LogP contribution in [0.1, 0.15) is 29.4 Å². The van der Waals surface area contributed by atoms with Crippen LogP contribution in [0.5, 0.6) is 0 Å². The first-order valence-electron chi connectivity index (χ1n) is 9.46. The van der Waals surface area contributed by atoms with E-state index in [1.807, 2.05) is 43.6 Å². The number of imidazole rings is 1. The molecule has 0 radical (unpaired) electrons. The average Bonchev–Trinajstić information content (AvgIpc) is 3.09. The Labute approximate surface area is 194 Å². The van der Waals surface area contributed by atoms with Gasteiger partial charge in [0.25, 0.3) is 0 Å². The third-order valence-corrected chi connectivity index (χ3v) is 4.62. The Morgan fingerprint density at radius 2 is 1.83 bits per heavy atom. The van der Waals surface area contributed by atoms with Gasteiger partial charge in [-0.3, -0.25) is 0 Å². The van der Waals surface area contributed by atoms with Crippen molar-refractivity contribution in [3.8, 4) is 0 Å². The topological polar surface area (TPSA) is 54.2 Å². The van der Waals surface area contributed by atoms with E-state index in [1.165, 1.54) is 11.1 Å². The van der Waals surface area contributed by atoms with Crippen LogP contribution in [-0.2, 0) is 19.6 Å². The molecule has 0 aliphatic rings. The van der Waals surface area contributed by atoms with Gasteiger partial charge in [-0.2, -0.15) is 0 Å². The van der Waals surface area contributed by atoms with E-state index in [0.29, 0.717) is 13.1 Å². The van der Waals surface area contributed by atoms with Crippen molar-refractivity contribution < 1.29 is 0 Å². The summed E-state index contributed by atoms with van der Waals surface area (Å²) < 4.78 is 2.14. The van der Waals surface area contributed by atoms with Crippen LogP contribution < -0.4 is 10.6 Å². The Kier molecular flexibility index (Phi) is 9.47. The maximum atomic E-state index is 6.06. The fourth-order valence-electron chi connectivity index (χ4n) is 2.94. The Bertz CT molecular complexity index is 938. The Balaban J connectivity index is 0.00000300. The van der Waals surface area contributed by atoms with E-state index in [-0.39, 0.29) is 24.0 Å². The van der Waals surface area contributed by atoms with Gasteiger partial charge in [-0.15, -0.1) is 24.0 Å². The molecule has 0 amide bonds. The second kappa shape index (κ2) is 11.8. The molecule has 3 aromatic rings. The van der Waals surface area contributed by atoms with E-state index in [0.717, 1.165) is 35.5 Å². The van der Waals surface area contributed by atoms with Gasteiger partial charge in [-0.1, -0.05) is 48.0 Å². The maximum absolute atomic E-state index is 6.06. The van der Waals surface area contributed by atoms with Crippen LogP contribution >= 0.6 is 35.6 Å². The van der Waals surface area contributed by atoms with Gasteiger partial charge in [0.05, 0.1) is 6.54 Å². The molecule has 154 valence electrons. The van der Waals surface area contributed by atoms with E-state index in [4.69, 9.17) is 16.6 Å². The third kappa shape index (κ3) is 7.36. The lowest BCUT2D eigenvalue weighted by atomic mass is 10.1. The molecule has 0 bridgehead atoms. The number of aliphatic imine (C=N–C) groups is 1. The summed E-state index contributed by atoms with van der Waals surface area (Å²) >= 11 is 6.06. The minimum atomic E-state index is 0. The largest absolute Gasteiger partial charge is 0.357 e. The summed E-state index contributed by atoms with van der Waals surface area (Å²) in [7, 11) is 0. The number of aryl methyl sites for hydroxylation is 1. The fourth-order valence-corrected chi connectivity index (χ4v) is 3.15. The van der Waals surface area contributed by atoms with Crippen LogP contribution in [0.2, 0.25) is 5.02 Å². The summed E-state index contributed by atoms with van der Waals surface area (Å²) in [6, 6.07) is 16.4. The second-order valence-corrected chi connectivity index (χ2v) is 7.04. The number of guanidine groups is 1. The van der Waals surface area contributed by atoms with E-state index >= 15 is 0 Å². The minimum Gasteiger partial charge on any atom is -0.357 e. The average molecular weight is 524 g/mol. The number of halogens is 2. The molecule has 1 aromatic heterocycles. The number of hydrogen-bond acceptors (Lipinski definition) is 2. The summed E-state index contributed by atoms with van der Waals surface area (Å²) in [6.45, 7) is 6.98. The lowest BCUT2D eigenvalue weighted by Gasteiger charge is -2.12. The Morgan fingerprint density at radius 1 is 1.07 bits per heavy atom. The molecule has 0 unspecified atom stereocenters. The van der Waals surface area contributed by atoms with Crippen molar-refractivity contribution >= 4 is 41.5 Å². The van der Waals surface area contributed by atoms with Gasteiger partial charge in [0.15, 0.2) is 5.96 Å². The second-order valence-electron chi connectivity index (χ2n) is 6.60. The third-order valence-electron chi connectivity index (χ3n) is 4.38. The van der Waals surface area contributed by atoms with Gasteiger partial charge in [-0.05, 0) is 42.7 Å². The molecule has 7 heteroatoms. The Morgan fingerprint density at radius 3 is 2.55 bits per heavy atom. The maximum Gasteiger partial charge on any atom is 0.191 e. The summed E-state index contributed by atoms with van der Waals surface area (Å²) in [4.78, 5) is 9.00. The highest BCUT2D eigenvalue weighted by molar-refractivity contribution is 14.0. The van der Waals surface area contributed by atoms with E-state index < -0.39 is 0 Å². The van der Waals surface area contributed by atoms with Crippen molar-refractivity contribution in [1.82, 2.24) is 20.2 Å². The monoisotopic (exact) mass is 523 g/mol. The number of nitrogens with zero attached hydrogens (tertiary/aromatic N) is 3. The summed E-state index contributed by atoms with van der Waals surface area (Å²) in [6.07, 6.45) is 3.83. The minimum absolute atomic E-state index is 0. The van der Waals surface area contributed by atoms with Crippen LogP contribution in [0.3, 0.4) is 0 Å². The van der Waals surface area contributed by atoms with Crippen LogP contribution in [0.4, 0.5) is 0 Å². The van der Waals surface area contributed by atoms with Gasteiger partial charge in [0, 0.05) is 37.1 Å². The summed E-state index contributed by atoms with van der Waals surface area (Å²) in [5, 5.41) is 7.39. The molecule has 3 rings (SSSR count). The molecule has 0 saturated heterocycles. The fraction of sp³-hybridized carbons (Fsp3) is 0.273. The molecular formula is C22H27ClIN5. The van der Waals surface area contributed by atoms with Gasteiger partial charge in [0.1, 0.15) is 5.82 Å². The SMILES string of the molecule is CCNC(=NCc1cccc(Cn2ccnc2C)c1)NCc1cccc(Cl)c1.I. The predicted octanol–water partition coefficient (Wildman–Crippen LogP) is 4.77. The van der Waals surface area contributed by atoms with Crippen molar-refractivity contribution in [1.29, 1.82) is 0 Å². The summed E-state index contributed by atoms with van der Waals surface area (Å²) in [5.74, 6) is 1.81. The number of nitrogens with one attached hydrogen (secondary N) is 2. The zero-order valence-electron chi connectivity index (χ0n) is 16.7. The number of benzene rings is 2. The van der Waals surface area contributed by atoms with Gasteiger partial charge >= 0.3 is 0 Å². The van der Waals surface area contributed by atoms with Crippen molar-refractivity contribution in [2.75, 3.05) is 6.54 Å². The predicted molar refractivity (Wildman–Crippen MR) is 131 cm³/mol. The van der Waals surface area contributed by atoms with Gasteiger partial charge in [-0.25, -0.2) is 9.98 Å². The molecule has 29 heavy (non-hydrogen) atoms. The molecule has 0 aliphatic carbocycles. The first kappa shape index (κ1) is 23.2. The molecular weight excluding hydrogens is 497 g/mol. The first-order chi connectivity index (χ1) is 13.6. The van der Waals surface area contributed by atoms with E-state index in [9.17, 15) is 0 Å². The van der Waals surface area contributed by atoms with Crippen LogP contribution in [0, 0.1) is 6.92 Å². The van der Waals surface area contributed by atoms with Gasteiger partial charge < -0.3 is 15.2 Å². The normalized spacial score (nSPS) is 11.1. The van der Waals surface area contributed by atoms with Crippen molar-refractivity contribution in [2.24, 2.45) is 4.99 Å². The molecule has 0 spiro atoms. The van der Waals surface area contributed by atoms with E-state index in [1.54, 1.807) is 0 Å². The smallest absolute Gasteiger partial charge is 0.191 e. The highest BCUT2D eigenvalue weighted by Crippen LogP contribution is 2.11. The highest BCUT2D eigenvalue weighted by Gasteiger charge is 2.02. The number of rotatable bonds is 7. The molecule has 0 fully saturated rings. The molecule has 5 nitrogen and oxygen atoms in total. The number of hydrogen-bond donors (Lipinski definition) is 2. The molecule has 0 aliphatic heterocycles. The van der Waals surface area contributed by atoms with Crippen molar-refractivity contribution in [3.63, 3.8) is 0 Å². The zero-order valence-corrected chi connectivity index (χ0v) is 19.8. The number of aromatic nitrogens is 2. The van der Waals surface area contributed by atoms with Crippen molar-refractivity contribution in [3.05, 3.63) is 88.5 Å². The summed E-state index contributed by atoms with van der Waals surface area (Å²) in [5.41, 5.74) is 3.54. The molecule has 0 saturated carbocycles. The standard InChI is InChI=1S/C22H26ClN5.HI/c1-3-24-22(27-15-19-7-5-9-21(23)13-19)26-14-18-6-4-8-20(12-18)16-28-11-10-25-17(28)2;/h4-13H,3,14-16H2,1-2H3,(H2,24,26,27);1H. The van der Waals surface area contributed by atoms with Crippen LogP contribution in [0.15, 0.2) is 65.9 Å². The zero-order chi connectivity index (χ0) is 19.8. The lowest BCUT2D eigenvalue weighted by molar-refractivity contribution is 0.760. The molecule has 2 N–H and O–H groups in total. The van der Waals surface area contributed by atoms with E-state index in [2.05, 4.69) is 51.4 Å². The highest BCUT2D eigenvalue weighted by atomic mass is 127. The Hall–Kier alpha value is -2.06. The molecule has 1 heterocycles. The van der Waals surface area contributed by atoms with Crippen LogP contribution in [-0.4, -0.2) is 22.1 Å². The quantitative estimate of drug-likeness (QED) is 0.267. The molecule has 0 atom stereocenters. The molecule has 2 aromatic carbocycles. The van der Waals surface area contributed by atoms with Crippen LogP contribution in [0.25, 0.3) is 0 Å². The van der Waals surface area contributed by atoms with Crippen molar-refractivity contribution in [2.45, 2.75) is 33.5 Å².